The Kier molecular flexibility index (Phi) is 8.86. The second-order valence-electron chi connectivity index (χ2n) is 10.1. The number of carbonyl (C=O) groups is 1. The van der Waals surface area contributed by atoms with Crippen molar-refractivity contribution in [3.8, 4) is 23.1 Å². The van der Waals surface area contributed by atoms with Gasteiger partial charge in [-0.15, -0.1) is 0 Å². The number of nitrogens with one attached hydrogen (secondary N) is 1. The lowest BCUT2D eigenvalue weighted by Crippen LogP contribution is -2.45. The molecular formula is C30H34N6O4. The Balaban J connectivity index is 1.21. The Labute approximate surface area is 234 Å². The van der Waals surface area contributed by atoms with Crippen molar-refractivity contribution in [2.24, 2.45) is 0 Å². The lowest BCUT2D eigenvalue weighted by Gasteiger charge is -2.33. The molecule has 2 aromatic carbocycles. The zero-order valence-corrected chi connectivity index (χ0v) is 22.6. The van der Waals surface area contributed by atoms with Crippen molar-refractivity contribution in [1.82, 2.24) is 19.8 Å². The predicted octanol–water partition coefficient (Wildman–Crippen LogP) is 3.34. The lowest BCUT2D eigenvalue weighted by atomic mass is 10.1. The van der Waals surface area contributed by atoms with Crippen LogP contribution < -0.4 is 10.1 Å². The molecule has 1 aromatic heterocycles. The van der Waals surface area contributed by atoms with Gasteiger partial charge in [-0.05, 0) is 48.9 Å². The minimum Gasteiger partial charge on any atom is -0.489 e. The van der Waals surface area contributed by atoms with Gasteiger partial charge in [0.15, 0.2) is 0 Å². The molecule has 1 unspecified atom stereocenters. The molecule has 1 atom stereocenters. The molecule has 5 rings (SSSR count). The van der Waals surface area contributed by atoms with E-state index in [2.05, 4.69) is 38.4 Å². The first-order chi connectivity index (χ1) is 19.5. The fourth-order valence-electron chi connectivity index (χ4n) is 4.94. The summed E-state index contributed by atoms with van der Waals surface area (Å²) in [5.74, 6) is 0.715. The first-order valence-corrected chi connectivity index (χ1v) is 13.7. The van der Waals surface area contributed by atoms with E-state index >= 15 is 0 Å². The highest BCUT2D eigenvalue weighted by atomic mass is 16.5. The third-order valence-electron chi connectivity index (χ3n) is 7.18. The van der Waals surface area contributed by atoms with Crippen LogP contribution in [0.25, 0.3) is 11.3 Å². The molecule has 2 aliphatic rings. The summed E-state index contributed by atoms with van der Waals surface area (Å²) >= 11 is 0. The Morgan fingerprint density at radius 2 is 1.90 bits per heavy atom. The average Bonchev–Trinajstić information content (AvgIpc) is 2.99. The highest BCUT2D eigenvalue weighted by Crippen LogP contribution is 2.28. The zero-order chi connectivity index (χ0) is 27.9. The molecule has 0 spiro atoms. The number of nitriles is 1. The van der Waals surface area contributed by atoms with E-state index in [1.807, 2.05) is 24.3 Å². The summed E-state index contributed by atoms with van der Waals surface area (Å²) in [6.07, 6.45) is 1.86. The van der Waals surface area contributed by atoms with Gasteiger partial charge in [-0.2, -0.15) is 5.26 Å². The van der Waals surface area contributed by atoms with Gasteiger partial charge in [0.1, 0.15) is 24.0 Å². The quantitative estimate of drug-likeness (QED) is 0.441. The van der Waals surface area contributed by atoms with E-state index in [1.54, 1.807) is 23.2 Å². The van der Waals surface area contributed by atoms with Gasteiger partial charge in [0, 0.05) is 63.0 Å². The Hall–Kier alpha value is -4.04. The highest BCUT2D eigenvalue weighted by molar-refractivity contribution is 5.80. The molecule has 10 nitrogen and oxygen atoms in total. The first kappa shape index (κ1) is 27.5. The van der Waals surface area contributed by atoms with Crippen LogP contribution in [0.4, 0.5) is 11.6 Å². The van der Waals surface area contributed by atoms with Crippen LogP contribution >= 0.6 is 0 Å². The molecule has 0 saturated carbocycles. The maximum Gasteiger partial charge on any atom is 0.251 e. The van der Waals surface area contributed by atoms with Gasteiger partial charge in [0.2, 0.25) is 5.95 Å². The molecular weight excluding hydrogens is 508 g/mol. The molecule has 208 valence electrons. The van der Waals surface area contributed by atoms with Crippen molar-refractivity contribution in [2.45, 2.75) is 38.5 Å². The van der Waals surface area contributed by atoms with Crippen LogP contribution in [0.1, 0.15) is 30.9 Å². The number of ether oxygens (including phenoxy) is 2. The van der Waals surface area contributed by atoms with Crippen LogP contribution in [0.15, 0.2) is 54.7 Å². The lowest BCUT2D eigenvalue weighted by molar-refractivity contribution is -0.141. The van der Waals surface area contributed by atoms with Crippen molar-refractivity contribution in [3.05, 3.63) is 65.9 Å². The SMILES string of the molecule is CC(O)C(=O)N1CCC(Oc2ccc(-c3ccnc(Nc4ccc(CN5CCOCC5)cc4)n3)cc2C#N)CC1. The largest absolute Gasteiger partial charge is 0.489 e. The normalized spacial score (nSPS) is 17.2. The molecule has 2 saturated heterocycles. The summed E-state index contributed by atoms with van der Waals surface area (Å²) in [5.41, 5.74) is 4.03. The molecule has 0 bridgehead atoms. The van der Waals surface area contributed by atoms with Gasteiger partial charge >= 0.3 is 0 Å². The number of morpholine rings is 1. The monoisotopic (exact) mass is 542 g/mol. The number of anilines is 2. The van der Waals surface area contributed by atoms with Crippen LogP contribution in [0.5, 0.6) is 5.75 Å². The summed E-state index contributed by atoms with van der Waals surface area (Å²) in [5, 5.41) is 22.6. The van der Waals surface area contributed by atoms with E-state index < -0.39 is 6.10 Å². The van der Waals surface area contributed by atoms with Crippen molar-refractivity contribution < 1.29 is 19.4 Å². The molecule has 2 fully saturated rings. The molecule has 0 radical (unpaired) electrons. The third kappa shape index (κ3) is 6.93. The van der Waals surface area contributed by atoms with E-state index in [-0.39, 0.29) is 12.0 Å². The molecule has 3 aromatic rings. The number of amides is 1. The molecule has 0 aliphatic carbocycles. The third-order valence-corrected chi connectivity index (χ3v) is 7.18. The minimum absolute atomic E-state index is 0.105. The fourth-order valence-corrected chi connectivity index (χ4v) is 4.94. The number of benzene rings is 2. The number of hydrogen-bond donors (Lipinski definition) is 2. The fraction of sp³-hybridized carbons (Fsp3) is 0.400. The van der Waals surface area contributed by atoms with Crippen molar-refractivity contribution in [2.75, 3.05) is 44.7 Å². The topological polar surface area (TPSA) is 124 Å². The van der Waals surface area contributed by atoms with E-state index in [9.17, 15) is 15.2 Å². The summed E-state index contributed by atoms with van der Waals surface area (Å²) in [7, 11) is 0. The van der Waals surface area contributed by atoms with E-state index in [4.69, 9.17) is 9.47 Å². The first-order valence-electron chi connectivity index (χ1n) is 13.7. The second kappa shape index (κ2) is 12.9. The number of piperidine rings is 1. The Morgan fingerprint density at radius 3 is 2.60 bits per heavy atom. The molecule has 3 heterocycles. The van der Waals surface area contributed by atoms with Gasteiger partial charge in [0.25, 0.3) is 5.91 Å². The smallest absolute Gasteiger partial charge is 0.251 e. The summed E-state index contributed by atoms with van der Waals surface area (Å²) < 4.78 is 11.6. The number of likely N-dealkylation sites (tertiary alicyclic amines) is 1. The van der Waals surface area contributed by atoms with Crippen LogP contribution in [-0.2, 0) is 16.1 Å². The molecule has 40 heavy (non-hydrogen) atoms. The standard InChI is InChI=1S/C30H34N6O4/c1-21(37)29(38)36-12-9-26(10-13-36)40-28-7-4-23(18-24(28)19-31)27-8-11-32-30(34-27)33-25-5-2-22(3-6-25)20-35-14-16-39-17-15-35/h2-8,11,18,21,26,37H,9-10,12-17,20H2,1H3,(H,32,33,34). The van der Waals surface area contributed by atoms with Gasteiger partial charge in [-0.1, -0.05) is 12.1 Å². The van der Waals surface area contributed by atoms with Crippen LogP contribution in [0, 0.1) is 11.3 Å². The van der Waals surface area contributed by atoms with Crippen LogP contribution in [-0.4, -0.2) is 82.4 Å². The molecule has 1 amide bonds. The van der Waals surface area contributed by atoms with Crippen molar-refractivity contribution in [3.63, 3.8) is 0 Å². The summed E-state index contributed by atoms with van der Waals surface area (Å²) in [4.78, 5) is 25.1. The van der Waals surface area contributed by atoms with Gasteiger partial charge < -0.3 is 24.8 Å². The van der Waals surface area contributed by atoms with Crippen molar-refractivity contribution in [1.29, 1.82) is 5.26 Å². The number of aliphatic hydroxyl groups excluding tert-OH is 1. The second-order valence-corrected chi connectivity index (χ2v) is 10.1. The molecule has 2 N–H and O–H groups in total. The number of nitrogens with zero attached hydrogens (tertiary/aromatic N) is 5. The Morgan fingerprint density at radius 1 is 1.15 bits per heavy atom. The maximum atomic E-state index is 12.0. The van der Waals surface area contributed by atoms with Crippen molar-refractivity contribution >= 4 is 17.5 Å². The van der Waals surface area contributed by atoms with Gasteiger partial charge in [0.05, 0.1) is 24.5 Å². The van der Waals surface area contributed by atoms with E-state index in [0.717, 1.165) is 44.1 Å². The minimum atomic E-state index is -1.00. The van der Waals surface area contributed by atoms with E-state index in [0.29, 0.717) is 48.9 Å². The molecule has 10 heteroatoms. The predicted molar refractivity (Wildman–Crippen MR) is 150 cm³/mol. The van der Waals surface area contributed by atoms with Crippen LogP contribution in [0.2, 0.25) is 0 Å². The van der Waals surface area contributed by atoms with E-state index in [1.165, 1.54) is 12.5 Å². The maximum absolute atomic E-state index is 12.0. The summed E-state index contributed by atoms with van der Waals surface area (Å²) in [6.45, 7) is 6.89. The Bertz CT molecular complexity index is 1340. The summed E-state index contributed by atoms with van der Waals surface area (Å²) in [6, 6.07) is 17.8. The average molecular weight is 543 g/mol. The number of rotatable bonds is 8. The van der Waals surface area contributed by atoms with Gasteiger partial charge in [-0.25, -0.2) is 9.97 Å². The molecule has 2 aliphatic heterocycles. The van der Waals surface area contributed by atoms with Crippen LogP contribution in [0.3, 0.4) is 0 Å². The number of aliphatic hydroxyl groups is 1. The highest BCUT2D eigenvalue weighted by Gasteiger charge is 2.26. The number of carbonyl (C=O) groups excluding carboxylic acids is 1. The zero-order valence-electron chi connectivity index (χ0n) is 22.6. The number of aromatic nitrogens is 2. The van der Waals surface area contributed by atoms with Gasteiger partial charge in [-0.3, -0.25) is 9.69 Å². The number of hydrogen-bond acceptors (Lipinski definition) is 9.